The van der Waals surface area contributed by atoms with Crippen LogP contribution in [0.15, 0.2) is 70.6 Å². The van der Waals surface area contributed by atoms with Gasteiger partial charge in [0.2, 0.25) is 5.95 Å². The number of aromatic amines is 1. The smallest absolute Gasteiger partial charge is 0.252 e. The minimum Gasteiger partial charge on any atom is -0.497 e. The van der Waals surface area contributed by atoms with Crippen LogP contribution in [0.2, 0.25) is 0 Å². The summed E-state index contributed by atoms with van der Waals surface area (Å²) in [5.74, 6) is 1.06. The van der Waals surface area contributed by atoms with Crippen molar-refractivity contribution >= 4 is 12.2 Å². The van der Waals surface area contributed by atoms with Gasteiger partial charge in [-0.1, -0.05) is 30.3 Å². The maximum Gasteiger partial charge on any atom is 0.252 e. The molecule has 1 heterocycles. The van der Waals surface area contributed by atoms with E-state index in [-0.39, 0.29) is 11.5 Å². The summed E-state index contributed by atoms with van der Waals surface area (Å²) in [5, 5.41) is 4.09. The van der Waals surface area contributed by atoms with Gasteiger partial charge in [0.25, 0.3) is 5.56 Å². The molecule has 0 bridgehead atoms. The SMILES string of the molecule is COc1ccc(/C=N\Nc2nc(-c3ccccc3)cc(=O)[nH]2)cc1. The Morgan fingerprint density at radius 2 is 1.88 bits per heavy atom. The highest BCUT2D eigenvalue weighted by atomic mass is 16.5. The first kappa shape index (κ1) is 15.5. The highest BCUT2D eigenvalue weighted by molar-refractivity contribution is 5.80. The molecule has 2 N–H and O–H groups in total. The molecule has 0 radical (unpaired) electrons. The summed E-state index contributed by atoms with van der Waals surface area (Å²) < 4.78 is 5.10. The van der Waals surface area contributed by atoms with Crippen LogP contribution in [0.3, 0.4) is 0 Å². The van der Waals surface area contributed by atoms with Crippen molar-refractivity contribution < 1.29 is 4.74 Å². The molecular weight excluding hydrogens is 304 g/mol. The van der Waals surface area contributed by atoms with Crippen molar-refractivity contribution in [1.29, 1.82) is 0 Å². The Morgan fingerprint density at radius 3 is 2.58 bits per heavy atom. The van der Waals surface area contributed by atoms with Crippen LogP contribution in [0.5, 0.6) is 5.75 Å². The molecule has 24 heavy (non-hydrogen) atoms. The maximum absolute atomic E-state index is 11.8. The predicted molar refractivity (Wildman–Crippen MR) is 94.5 cm³/mol. The van der Waals surface area contributed by atoms with Crippen LogP contribution >= 0.6 is 0 Å². The van der Waals surface area contributed by atoms with Crippen molar-refractivity contribution in [2.45, 2.75) is 0 Å². The second-order valence-corrected chi connectivity index (χ2v) is 4.99. The number of methoxy groups -OCH3 is 1. The monoisotopic (exact) mass is 320 g/mol. The first-order chi connectivity index (χ1) is 11.7. The summed E-state index contributed by atoms with van der Waals surface area (Å²) >= 11 is 0. The number of hydrogen-bond donors (Lipinski definition) is 2. The van der Waals surface area contributed by atoms with Gasteiger partial charge in [-0.05, 0) is 29.8 Å². The van der Waals surface area contributed by atoms with E-state index in [4.69, 9.17) is 4.74 Å². The quantitative estimate of drug-likeness (QED) is 0.559. The van der Waals surface area contributed by atoms with E-state index in [2.05, 4.69) is 20.5 Å². The van der Waals surface area contributed by atoms with Crippen molar-refractivity contribution in [3.63, 3.8) is 0 Å². The number of hydrogen-bond acceptors (Lipinski definition) is 5. The van der Waals surface area contributed by atoms with Crippen LogP contribution in [0, 0.1) is 0 Å². The number of rotatable bonds is 5. The van der Waals surface area contributed by atoms with E-state index < -0.39 is 0 Å². The number of nitrogens with one attached hydrogen (secondary N) is 2. The number of aromatic nitrogens is 2. The fraction of sp³-hybridized carbons (Fsp3) is 0.0556. The van der Waals surface area contributed by atoms with Gasteiger partial charge < -0.3 is 4.74 Å². The Labute approximate surface area is 138 Å². The third kappa shape index (κ3) is 3.86. The third-order valence-electron chi connectivity index (χ3n) is 3.31. The average molecular weight is 320 g/mol. The number of ether oxygens (including phenoxy) is 1. The lowest BCUT2D eigenvalue weighted by Crippen LogP contribution is -2.10. The number of nitrogens with zero attached hydrogens (tertiary/aromatic N) is 2. The van der Waals surface area contributed by atoms with Crippen molar-refractivity contribution in [3.05, 3.63) is 76.6 Å². The predicted octanol–water partition coefficient (Wildman–Crippen LogP) is 2.89. The average Bonchev–Trinajstić information content (AvgIpc) is 2.63. The molecule has 0 aliphatic carbocycles. The molecule has 0 aliphatic rings. The van der Waals surface area contributed by atoms with Crippen LogP contribution in [0.1, 0.15) is 5.56 Å². The van der Waals surface area contributed by atoms with E-state index in [9.17, 15) is 4.79 Å². The van der Waals surface area contributed by atoms with Crippen LogP contribution in [-0.4, -0.2) is 23.3 Å². The Bertz CT molecular complexity index is 887. The summed E-state index contributed by atoms with van der Waals surface area (Å²) in [4.78, 5) is 18.8. The van der Waals surface area contributed by atoms with E-state index in [0.717, 1.165) is 16.9 Å². The van der Waals surface area contributed by atoms with E-state index in [1.165, 1.54) is 6.07 Å². The van der Waals surface area contributed by atoms with Gasteiger partial charge in [-0.15, -0.1) is 0 Å². The fourth-order valence-corrected chi connectivity index (χ4v) is 2.13. The molecule has 0 aliphatic heterocycles. The molecule has 120 valence electrons. The molecule has 1 aromatic heterocycles. The summed E-state index contributed by atoms with van der Waals surface area (Å²) in [7, 11) is 1.62. The standard InChI is InChI=1S/C18H16N4O2/c1-24-15-9-7-13(8-10-15)12-19-22-18-20-16(11-17(23)21-18)14-5-3-2-4-6-14/h2-12H,1H3,(H2,20,21,22,23)/b19-12-. The largest absolute Gasteiger partial charge is 0.497 e. The number of anilines is 1. The number of benzene rings is 2. The first-order valence-corrected chi connectivity index (χ1v) is 7.34. The third-order valence-corrected chi connectivity index (χ3v) is 3.31. The molecule has 0 atom stereocenters. The zero-order chi connectivity index (χ0) is 16.8. The molecule has 0 fully saturated rings. The highest BCUT2D eigenvalue weighted by Gasteiger charge is 2.02. The van der Waals surface area contributed by atoms with E-state index in [0.29, 0.717) is 5.69 Å². The van der Waals surface area contributed by atoms with Gasteiger partial charge in [-0.25, -0.2) is 10.4 Å². The van der Waals surface area contributed by atoms with Crippen LogP contribution in [0.25, 0.3) is 11.3 Å². The molecule has 0 unspecified atom stereocenters. The van der Waals surface area contributed by atoms with Crippen LogP contribution < -0.4 is 15.7 Å². The molecule has 0 saturated carbocycles. The summed E-state index contributed by atoms with van der Waals surface area (Å²) in [6, 6.07) is 18.4. The van der Waals surface area contributed by atoms with Crippen molar-refractivity contribution in [2.24, 2.45) is 5.10 Å². The van der Waals surface area contributed by atoms with Crippen LogP contribution in [0.4, 0.5) is 5.95 Å². The first-order valence-electron chi connectivity index (χ1n) is 7.34. The maximum atomic E-state index is 11.8. The zero-order valence-corrected chi connectivity index (χ0v) is 13.1. The number of H-pyrrole nitrogens is 1. The lowest BCUT2D eigenvalue weighted by atomic mass is 10.1. The molecule has 6 heteroatoms. The van der Waals surface area contributed by atoms with Gasteiger partial charge in [0.1, 0.15) is 5.75 Å². The summed E-state index contributed by atoms with van der Waals surface area (Å²) in [5.41, 5.74) is 4.84. The van der Waals surface area contributed by atoms with Gasteiger partial charge in [0.05, 0.1) is 19.0 Å². The van der Waals surface area contributed by atoms with Crippen LogP contribution in [-0.2, 0) is 0 Å². The van der Waals surface area contributed by atoms with E-state index in [1.807, 2.05) is 54.6 Å². The van der Waals surface area contributed by atoms with E-state index in [1.54, 1.807) is 13.3 Å². The minimum atomic E-state index is -0.244. The van der Waals surface area contributed by atoms with Gasteiger partial charge in [0, 0.05) is 11.6 Å². The second-order valence-electron chi connectivity index (χ2n) is 4.99. The molecule has 0 amide bonds. The lowest BCUT2D eigenvalue weighted by Gasteiger charge is -2.03. The number of hydrazone groups is 1. The van der Waals surface area contributed by atoms with Crippen molar-refractivity contribution in [1.82, 2.24) is 9.97 Å². The molecular formula is C18H16N4O2. The van der Waals surface area contributed by atoms with Gasteiger partial charge in [0.15, 0.2) is 0 Å². The normalized spacial score (nSPS) is 10.7. The zero-order valence-electron chi connectivity index (χ0n) is 13.1. The molecule has 2 aromatic carbocycles. The highest BCUT2D eigenvalue weighted by Crippen LogP contribution is 2.15. The second kappa shape index (κ2) is 7.23. The Hall–Kier alpha value is -3.41. The molecule has 6 nitrogen and oxygen atoms in total. The Kier molecular flexibility index (Phi) is 4.67. The summed E-state index contributed by atoms with van der Waals surface area (Å²) in [6.07, 6.45) is 1.63. The molecule has 0 saturated heterocycles. The topological polar surface area (TPSA) is 79.4 Å². The molecule has 3 rings (SSSR count). The molecule has 3 aromatic rings. The van der Waals surface area contributed by atoms with Crippen molar-refractivity contribution in [2.75, 3.05) is 12.5 Å². The van der Waals surface area contributed by atoms with Gasteiger partial charge in [-0.3, -0.25) is 9.78 Å². The van der Waals surface area contributed by atoms with Gasteiger partial charge in [-0.2, -0.15) is 5.10 Å². The Balaban J connectivity index is 1.76. The van der Waals surface area contributed by atoms with E-state index >= 15 is 0 Å². The molecule has 0 spiro atoms. The Morgan fingerprint density at radius 1 is 1.12 bits per heavy atom. The van der Waals surface area contributed by atoms with Gasteiger partial charge >= 0.3 is 0 Å². The summed E-state index contributed by atoms with van der Waals surface area (Å²) in [6.45, 7) is 0. The lowest BCUT2D eigenvalue weighted by molar-refractivity contribution is 0.415. The fourth-order valence-electron chi connectivity index (χ4n) is 2.13. The van der Waals surface area contributed by atoms with Crippen molar-refractivity contribution in [3.8, 4) is 17.0 Å². The minimum absolute atomic E-state index is 0.244.